The molecule has 1 atom stereocenters. The van der Waals surface area contributed by atoms with Crippen LogP contribution in [0.5, 0.6) is 0 Å². The predicted molar refractivity (Wildman–Crippen MR) is 41.7 cm³/mol. The number of carboxylic acids is 1. The molecule has 0 aliphatic heterocycles. The zero-order valence-electron chi connectivity index (χ0n) is 7.02. The second-order valence-electron chi connectivity index (χ2n) is 2.97. The third-order valence-corrected chi connectivity index (χ3v) is 1.70. The van der Waals surface area contributed by atoms with Gasteiger partial charge in [0.1, 0.15) is 12.2 Å². The number of aliphatic carboxylic acids is 1. The molecular formula is C8H11NO3. The standard InChI is InChI=1S/C8H11NO3/c1-5(2)7(8(10)11)6-3-12-4-9-6/h3-5,7H,1-2H3,(H,10,11). The maximum atomic E-state index is 10.8. The van der Waals surface area contributed by atoms with E-state index in [9.17, 15) is 4.79 Å². The summed E-state index contributed by atoms with van der Waals surface area (Å²) in [5.74, 6) is -1.41. The highest BCUT2D eigenvalue weighted by molar-refractivity contribution is 5.75. The van der Waals surface area contributed by atoms with Crippen molar-refractivity contribution < 1.29 is 14.3 Å². The minimum Gasteiger partial charge on any atom is -0.481 e. The Bertz CT molecular complexity index is 253. The molecule has 12 heavy (non-hydrogen) atoms. The Morgan fingerprint density at radius 3 is 2.67 bits per heavy atom. The Morgan fingerprint density at radius 2 is 2.33 bits per heavy atom. The first-order valence-corrected chi connectivity index (χ1v) is 3.74. The molecule has 1 aromatic heterocycles. The zero-order chi connectivity index (χ0) is 9.14. The quantitative estimate of drug-likeness (QED) is 0.744. The number of oxazole rings is 1. The molecule has 0 saturated carbocycles. The van der Waals surface area contributed by atoms with E-state index < -0.39 is 11.9 Å². The van der Waals surface area contributed by atoms with Crippen LogP contribution in [0.4, 0.5) is 0 Å². The second kappa shape index (κ2) is 3.38. The van der Waals surface area contributed by atoms with Gasteiger partial charge in [0.05, 0.1) is 5.69 Å². The van der Waals surface area contributed by atoms with Crippen LogP contribution in [0.3, 0.4) is 0 Å². The van der Waals surface area contributed by atoms with Gasteiger partial charge in [-0.25, -0.2) is 4.98 Å². The van der Waals surface area contributed by atoms with E-state index in [1.54, 1.807) is 0 Å². The van der Waals surface area contributed by atoms with E-state index in [-0.39, 0.29) is 5.92 Å². The van der Waals surface area contributed by atoms with Crippen molar-refractivity contribution in [3.63, 3.8) is 0 Å². The highest BCUT2D eigenvalue weighted by Gasteiger charge is 2.25. The number of rotatable bonds is 3. The molecule has 1 aromatic rings. The zero-order valence-corrected chi connectivity index (χ0v) is 7.02. The summed E-state index contributed by atoms with van der Waals surface area (Å²) < 4.78 is 4.72. The van der Waals surface area contributed by atoms with Crippen molar-refractivity contribution >= 4 is 5.97 Å². The minimum atomic E-state index is -0.862. The molecule has 66 valence electrons. The van der Waals surface area contributed by atoms with Crippen LogP contribution >= 0.6 is 0 Å². The largest absolute Gasteiger partial charge is 0.481 e. The summed E-state index contributed by atoms with van der Waals surface area (Å²) in [5, 5.41) is 8.83. The fraction of sp³-hybridized carbons (Fsp3) is 0.500. The maximum absolute atomic E-state index is 10.8. The smallest absolute Gasteiger partial charge is 0.312 e. The van der Waals surface area contributed by atoms with Crippen LogP contribution in [-0.2, 0) is 4.79 Å². The Morgan fingerprint density at radius 1 is 1.67 bits per heavy atom. The lowest BCUT2D eigenvalue weighted by Gasteiger charge is -2.12. The van der Waals surface area contributed by atoms with Gasteiger partial charge in [-0.3, -0.25) is 4.79 Å². The van der Waals surface area contributed by atoms with Gasteiger partial charge < -0.3 is 9.52 Å². The lowest BCUT2D eigenvalue weighted by atomic mass is 9.93. The third-order valence-electron chi connectivity index (χ3n) is 1.70. The molecule has 0 aromatic carbocycles. The Balaban J connectivity index is 2.88. The summed E-state index contributed by atoms with van der Waals surface area (Å²) in [6.45, 7) is 3.68. The van der Waals surface area contributed by atoms with Gasteiger partial charge in [0.25, 0.3) is 0 Å². The van der Waals surface area contributed by atoms with E-state index >= 15 is 0 Å². The average Bonchev–Trinajstić information content (AvgIpc) is 2.37. The molecule has 1 rings (SSSR count). The third kappa shape index (κ3) is 1.64. The summed E-state index contributed by atoms with van der Waals surface area (Å²) in [4.78, 5) is 14.6. The summed E-state index contributed by atoms with van der Waals surface area (Å²) in [5.41, 5.74) is 0.484. The molecule has 0 aliphatic rings. The van der Waals surface area contributed by atoms with E-state index in [0.29, 0.717) is 5.69 Å². The molecule has 0 spiro atoms. The van der Waals surface area contributed by atoms with Crippen LogP contribution in [0, 0.1) is 5.92 Å². The maximum Gasteiger partial charge on any atom is 0.312 e. The Labute approximate surface area is 70.2 Å². The number of carbonyl (C=O) groups is 1. The molecule has 0 fully saturated rings. The Kier molecular flexibility index (Phi) is 2.47. The molecule has 1 heterocycles. The molecule has 0 bridgehead atoms. The van der Waals surface area contributed by atoms with Crippen molar-refractivity contribution in [2.24, 2.45) is 5.92 Å². The summed E-state index contributed by atoms with van der Waals surface area (Å²) in [7, 11) is 0. The van der Waals surface area contributed by atoms with Crippen molar-refractivity contribution in [3.05, 3.63) is 18.4 Å². The SMILES string of the molecule is CC(C)C(C(=O)O)c1cocn1. The van der Waals surface area contributed by atoms with E-state index in [0.717, 1.165) is 0 Å². The summed E-state index contributed by atoms with van der Waals surface area (Å²) >= 11 is 0. The van der Waals surface area contributed by atoms with Gasteiger partial charge >= 0.3 is 5.97 Å². The van der Waals surface area contributed by atoms with Crippen LogP contribution in [0.15, 0.2) is 17.1 Å². The van der Waals surface area contributed by atoms with Gasteiger partial charge in [-0.1, -0.05) is 13.8 Å². The molecule has 1 N–H and O–H groups in total. The molecule has 0 radical (unpaired) electrons. The van der Waals surface area contributed by atoms with Crippen LogP contribution in [0.2, 0.25) is 0 Å². The number of hydrogen-bond acceptors (Lipinski definition) is 3. The van der Waals surface area contributed by atoms with Crippen molar-refractivity contribution in [3.8, 4) is 0 Å². The first-order chi connectivity index (χ1) is 5.63. The van der Waals surface area contributed by atoms with Crippen LogP contribution < -0.4 is 0 Å². The topological polar surface area (TPSA) is 63.3 Å². The summed E-state index contributed by atoms with van der Waals surface area (Å²) in [6.07, 6.45) is 2.62. The molecule has 0 saturated heterocycles. The lowest BCUT2D eigenvalue weighted by Crippen LogP contribution is -2.17. The first kappa shape index (κ1) is 8.77. The van der Waals surface area contributed by atoms with Crippen LogP contribution in [0.25, 0.3) is 0 Å². The van der Waals surface area contributed by atoms with Gasteiger partial charge in [-0.15, -0.1) is 0 Å². The van der Waals surface area contributed by atoms with E-state index in [1.807, 2.05) is 13.8 Å². The highest BCUT2D eigenvalue weighted by atomic mass is 16.4. The van der Waals surface area contributed by atoms with E-state index in [4.69, 9.17) is 9.52 Å². The molecule has 0 aliphatic carbocycles. The Hall–Kier alpha value is -1.32. The van der Waals surface area contributed by atoms with Gasteiger partial charge in [0, 0.05) is 0 Å². The van der Waals surface area contributed by atoms with E-state index in [1.165, 1.54) is 12.7 Å². The van der Waals surface area contributed by atoms with Crippen molar-refractivity contribution in [1.82, 2.24) is 4.98 Å². The van der Waals surface area contributed by atoms with Gasteiger partial charge in [0.2, 0.25) is 0 Å². The highest BCUT2D eigenvalue weighted by Crippen LogP contribution is 2.22. The fourth-order valence-corrected chi connectivity index (χ4v) is 1.13. The predicted octanol–water partition coefficient (Wildman–Crippen LogP) is 1.50. The molecule has 1 unspecified atom stereocenters. The van der Waals surface area contributed by atoms with Crippen molar-refractivity contribution in [1.29, 1.82) is 0 Å². The van der Waals surface area contributed by atoms with E-state index in [2.05, 4.69) is 4.98 Å². The number of aromatic nitrogens is 1. The number of nitrogens with zero attached hydrogens (tertiary/aromatic N) is 1. The minimum absolute atomic E-state index is 0.0209. The number of carboxylic acid groups (broad SMARTS) is 1. The summed E-state index contributed by atoms with van der Waals surface area (Å²) in [6, 6.07) is 0. The number of hydrogen-bond donors (Lipinski definition) is 1. The first-order valence-electron chi connectivity index (χ1n) is 3.74. The molecule has 4 heteroatoms. The second-order valence-corrected chi connectivity index (χ2v) is 2.97. The fourth-order valence-electron chi connectivity index (χ4n) is 1.13. The molecule has 0 amide bonds. The van der Waals surface area contributed by atoms with Crippen molar-refractivity contribution in [2.45, 2.75) is 19.8 Å². The normalized spacial score (nSPS) is 13.2. The van der Waals surface area contributed by atoms with Gasteiger partial charge in [0.15, 0.2) is 6.39 Å². The van der Waals surface area contributed by atoms with Crippen LogP contribution in [0.1, 0.15) is 25.5 Å². The van der Waals surface area contributed by atoms with Gasteiger partial charge in [-0.05, 0) is 5.92 Å². The molecular weight excluding hydrogens is 158 g/mol. The van der Waals surface area contributed by atoms with Crippen LogP contribution in [-0.4, -0.2) is 16.1 Å². The van der Waals surface area contributed by atoms with Gasteiger partial charge in [-0.2, -0.15) is 0 Å². The molecule has 4 nitrogen and oxygen atoms in total. The monoisotopic (exact) mass is 169 g/mol. The van der Waals surface area contributed by atoms with Crippen molar-refractivity contribution in [2.75, 3.05) is 0 Å². The average molecular weight is 169 g/mol. The lowest BCUT2D eigenvalue weighted by molar-refractivity contribution is -0.140.